The standard InChI is InChI=1S/C17H24N2O4/c1-3-19(11-16(20)21)13-9-12(10-13)18-17(22)14-7-5-6-8-15(14)23-4-2/h5-8,12-13H,3-4,9-11H2,1-2H3,(H,18,22)(H,20,21). The molecule has 0 unspecified atom stereocenters. The quantitative estimate of drug-likeness (QED) is 0.763. The molecule has 2 N–H and O–H groups in total. The van der Waals surface area contributed by atoms with Gasteiger partial charge in [0.15, 0.2) is 0 Å². The van der Waals surface area contributed by atoms with Crippen LogP contribution in [0.1, 0.15) is 37.0 Å². The van der Waals surface area contributed by atoms with Gasteiger partial charge < -0.3 is 15.2 Å². The third kappa shape index (κ3) is 4.45. The summed E-state index contributed by atoms with van der Waals surface area (Å²) >= 11 is 0. The molecule has 1 amide bonds. The number of hydrogen-bond donors (Lipinski definition) is 2. The average molecular weight is 320 g/mol. The van der Waals surface area contributed by atoms with E-state index in [9.17, 15) is 9.59 Å². The third-order valence-corrected chi connectivity index (χ3v) is 4.14. The number of aliphatic carboxylic acids is 1. The molecule has 6 heteroatoms. The van der Waals surface area contributed by atoms with Crippen molar-refractivity contribution in [3.05, 3.63) is 29.8 Å². The van der Waals surface area contributed by atoms with Crippen LogP contribution in [-0.4, -0.2) is 53.7 Å². The molecule has 1 fully saturated rings. The number of carboxylic acid groups (broad SMARTS) is 1. The Hall–Kier alpha value is -2.08. The Kier molecular flexibility index (Phi) is 5.98. The summed E-state index contributed by atoms with van der Waals surface area (Å²) in [6.07, 6.45) is 1.56. The first-order valence-electron chi connectivity index (χ1n) is 8.03. The summed E-state index contributed by atoms with van der Waals surface area (Å²) in [6.45, 7) is 5.09. The average Bonchev–Trinajstić information content (AvgIpc) is 2.49. The minimum Gasteiger partial charge on any atom is -0.493 e. The van der Waals surface area contributed by atoms with Crippen LogP contribution in [0.25, 0.3) is 0 Å². The van der Waals surface area contributed by atoms with Crippen LogP contribution in [0.4, 0.5) is 0 Å². The number of carbonyl (C=O) groups excluding carboxylic acids is 1. The SMILES string of the molecule is CCOc1ccccc1C(=O)NC1CC(N(CC)CC(=O)O)C1. The Morgan fingerprint density at radius 2 is 2.00 bits per heavy atom. The number of rotatable bonds is 8. The maximum absolute atomic E-state index is 12.4. The summed E-state index contributed by atoms with van der Waals surface area (Å²) in [6, 6.07) is 7.50. The van der Waals surface area contributed by atoms with Crippen molar-refractivity contribution in [1.82, 2.24) is 10.2 Å². The second-order valence-electron chi connectivity index (χ2n) is 5.68. The van der Waals surface area contributed by atoms with Crippen molar-refractivity contribution >= 4 is 11.9 Å². The molecule has 2 rings (SSSR count). The zero-order valence-electron chi connectivity index (χ0n) is 13.6. The molecule has 6 nitrogen and oxygen atoms in total. The Balaban J connectivity index is 1.88. The molecule has 0 atom stereocenters. The predicted molar refractivity (Wildman–Crippen MR) is 86.8 cm³/mol. The lowest BCUT2D eigenvalue weighted by Gasteiger charge is -2.42. The molecule has 1 aromatic rings. The number of carbonyl (C=O) groups is 2. The number of carboxylic acids is 1. The number of para-hydroxylation sites is 1. The number of nitrogens with one attached hydrogen (secondary N) is 1. The second kappa shape index (κ2) is 7.97. The lowest BCUT2D eigenvalue weighted by Crippen LogP contribution is -2.54. The highest BCUT2D eigenvalue weighted by molar-refractivity contribution is 5.97. The van der Waals surface area contributed by atoms with Gasteiger partial charge in [-0.25, -0.2) is 0 Å². The molecule has 0 aromatic heterocycles. The van der Waals surface area contributed by atoms with Gasteiger partial charge in [-0.2, -0.15) is 0 Å². The maximum atomic E-state index is 12.4. The second-order valence-corrected chi connectivity index (χ2v) is 5.68. The van der Waals surface area contributed by atoms with Crippen LogP contribution in [0.2, 0.25) is 0 Å². The number of hydrogen-bond acceptors (Lipinski definition) is 4. The van der Waals surface area contributed by atoms with Gasteiger partial charge in [-0.05, 0) is 38.4 Å². The summed E-state index contributed by atoms with van der Waals surface area (Å²) in [7, 11) is 0. The highest BCUT2D eigenvalue weighted by Crippen LogP contribution is 2.26. The van der Waals surface area contributed by atoms with Crippen LogP contribution < -0.4 is 10.1 Å². The molecule has 0 spiro atoms. The molecule has 1 aromatic carbocycles. The first-order valence-corrected chi connectivity index (χ1v) is 8.03. The molecule has 1 aliphatic rings. The fraction of sp³-hybridized carbons (Fsp3) is 0.529. The molecule has 0 bridgehead atoms. The molecule has 0 aliphatic heterocycles. The van der Waals surface area contributed by atoms with Crippen LogP contribution in [0, 0.1) is 0 Å². The van der Waals surface area contributed by atoms with E-state index in [-0.39, 0.29) is 24.5 Å². The highest BCUT2D eigenvalue weighted by Gasteiger charge is 2.35. The summed E-state index contributed by atoms with van der Waals surface area (Å²) < 4.78 is 5.48. The lowest BCUT2D eigenvalue weighted by atomic mass is 9.85. The Bertz CT molecular complexity index is 555. The first kappa shape index (κ1) is 17.3. The number of likely N-dealkylation sites (N-methyl/N-ethyl adjacent to an activating group) is 1. The van der Waals surface area contributed by atoms with Gasteiger partial charge in [0.1, 0.15) is 5.75 Å². The van der Waals surface area contributed by atoms with Crippen LogP contribution >= 0.6 is 0 Å². The van der Waals surface area contributed by atoms with E-state index in [1.165, 1.54) is 0 Å². The van der Waals surface area contributed by atoms with Gasteiger partial charge in [-0.1, -0.05) is 19.1 Å². The third-order valence-electron chi connectivity index (χ3n) is 4.14. The highest BCUT2D eigenvalue weighted by atomic mass is 16.5. The van der Waals surface area contributed by atoms with Crippen LogP contribution in [0.3, 0.4) is 0 Å². The number of ether oxygens (including phenoxy) is 1. The van der Waals surface area contributed by atoms with E-state index in [0.717, 1.165) is 12.8 Å². The van der Waals surface area contributed by atoms with Crippen molar-refractivity contribution in [2.75, 3.05) is 19.7 Å². The molecule has 1 aliphatic carbocycles. The van der Waals surface area contributed by atoms with Crippen molar-refractivity contribution < 1.29 is 19.4 Å². The van der Waals surface area contributed by atoms with E-state index >= 15 is 0 Å². The van der Waals surface area contributed by atoms with E-state index in [1.54, 1.807) is 12.1 Å². The summed E-state index contributed by atoms with van der Waals surface area (Å²) in [5.74, 6) is -0.367. The van der Waals surface area contributed by atoms with E-state index in [0.29, 0.717) is 24.5 Å². The van der Waals surface area contributed by atoms with Crippen molar-refractivity contribution in [3.8, 4) is 5.75 Å². The Morgan fingerprint density at radius 3 is 2.61 bits per heavy atom. The van der Waals surface area contributed by atoms with Gasteiger partial charge in [0.25, 0.3) is 5.91 Å². The van der Waals surface area contributed by atoms with Crippen LogP contribution in [-0.2, 0) is 4.79 Å². The van der Waals surface area contributed by atoms with Crippen molar-refractivity contribution in [1.29, 1.82) is 0 Å². The van der Waals surface area contributed by atoms with Crippen molar-refractivity contribution in [2.24, 2.45) is 0 Å². The minimum absolute atomic E-state index is 0.0506. The van der Waals surface area contributed by atoms with E-state index in [2.05, 4.69) is 5.32 Å². The number of nitrogens with zero attached hydrogens (tertiary/aromatic N) is 1. The van der Waals surface area contributed by atoms with E-state index < -0.39 is 5.97 Å². The Morgan fingerprint density at radius 1 is 1.30 bits per heavy atom. The normalized spacial score (nSPS) is 20.0. The minimum atomic E-state index is -0.815. The van der Waals surface area contributed by atoms with Crippen molar-refractivity contribution in [2.45, 2.75) is 38.8 Å². The molecular formula is C17H24N2O4. The van der Waals surface area contributed by atoms with Gasteiger partial charge in [-0.3, -0.25) is 14.5 Å². The van der Waals surface area contributed by atoms with Gasteiger partial charge in [-0.15, -0.1) is 0 Å². The molecule has 0 radical (unpaired) electrons. The van der Waals surface area contributed by atoms with Gasteiger partial charge in [0, 0.05) is 12.1 Å². The van der Waals surface area contributed by atoms with Gasteiger partial charge in [0.2, 0.25) is 0 Å². The zero-order chi connectivity index (χ0) is 16.8. The largest absolute Gasteiger partial charge is 0.493 e. The predicted octanol–water partition coefficient (Wildman–Crippen LogP) is 1.75. The van der Waals surface area contributed by atoms with Gasteiger partial charge in [0.05, 0.1) is 18.7 Å². The summed E-state index contributed by atoms with van der Waals surface area (Å²) in [4.78, 5) is 25.1. The summed E-state index contributed by atoms with van der Waals surface area (Å²) in [5.41, 5.74) is 0.538. The van der Waals surface area contributed by atoms with Crippen LogP contribution in [0.15, 0.2) is 24.3 Å². The Labute approximate surface area is 136 Å². The van der Waals surface area contributed by atoms with E-state index in [1.807, 2.05) is 30.9 Å². The van der Waals surface area contributed by atoms with E-state index in [4.69, 9.17) is 9.84 Å². The first-order chi connectivity index (χ1) is 11.0. The van der Waals surface area contributed by atoms with Crippen LogP contribution in [0.5, 0.6) is 5.75 Å². The fourth-order valence-corrected chi connectivity index (χ4v) is 2.88. The number of benzene rings is 1. The molecule has 0 saturated heterocycles. The number of amides is 1. The molecule has 23 heavy (non-hydrogen) atoms. The maximum Gasteiger partial charge on any atom is 0.317 e. The summed E-state index contributed by atoms with van der Waals surface area (Å²) in [5, 5.41) is 11.9. The molecule has 0 heterocycles. The lowest BCUT2D eigenvalue weighted by molar-refractivity contribution is -0.139. The van der Waals surface area contributed by atoms with Gasteiger partial charge >= 0.3 is 5.97 Å². The topological polar surface area (TPSA) is 78.9 Å². The smallest absolute Gasteiger partial charge is 0.317 e. The van der Waals surface area contributed by atoms with Crippen molar-refractivity contribution in [3.63, 3.8) is 0 Å². The molecular weight excluding hydrogens is 296 g/mol. The zero-order valence-corrected chi connectivity index (χ0v) is 13.6. The fourth-order valence-electron chi connectivity index (χ4n) is 2.88. The molecule has 126 valence electrons. The monoisotopic (exact) mass is 320 g/mol. The molecule has 1 saturated carbocycles.